The molecule has 1 saturated heterocycles. The van der Waals surface area contributed by atoms with E-state index in [0.717, 1.165) is 24.0 Å². The summed E-state index contributed by atoms with van der Waals surface area (Å²) < 4.78 is 23.1. The van der Waals surface area contributed by atoms with E-state index in [2.05, 4.69) is 4.90 Å². The number of aromatic nitrogens is 1. The van der Waals surface area contributed by atoms with Gasteiger partial charge in [0.05, 0.1) is 25.1 Å². The molecule has 1 aliphatic heterocycles. The Kier molecular flexibility index (Phi) is 8.50. The maximum atomic E-state index is 16.0. The standard InChI is InChI=1S/C33H34FN3O4/c1-35(33(40)25-12-10-24(22-38)11-13-25)21-23-14-17-36(18-15-23)32-28(27-7-3-4-8-30(27)41-2)19-26(20-29(32)34)37-16-6-5-9-31(37)39/h3-13,16,19-20,23,38H,14-15,17-18,21-22H2,1-2H3. The highest BCUT2D eigenvalue weighted by Crippen LogP contribution is 2.41. The van der Waals surface area contributed by atoms with E-state index in [1.807, 2.05) is 30.3 Å². The molecule has 7 nitrogen and oxygen atoms in total. The van der Waals surface area contributed by atoms with Gasteiger partial charge in [0.25, 0.3) is 11.5 Å². The molecule has 2 heterocycles. The van der Waals surface area contributed by atoms with Gasteiger partial charge in [0.1, 0.15) is 11.6 Å². The second-order valence-electron chi connectivity index (χ2n) is 10.4. The molecule has 1 aliphatic rings. The Bertz CT molecular complexity index is 1580. The molecule has 3 aromatic carbocycles. The summed E-state index contributed by atoms with van der Waals surface area (Å²) in [6.07, 6.45) is 3.23. The Morgan fingerprint density at radius 3 is 2.39 bits per heavy atom. The molecule has 0 spiro atoms. The number of halogens is 1. The van der Waals surface area contributed by atoms with Gasteiger partial charge in [-0.05, 0) is 54.7 Å². The van der Waals surface area contributed by atoms with Crippen LogP contribution in [-0.2, 0) is 6.61 Å². The quantitative estimate of drug-likeness (QED) is 0.326. The topological polar surface area (TPSA) is 75.0 Å². The van der Waals surface area contributed by atoms with Crippen molar-refractivity contribution < 1.29 is 19.0 Å². The number of aliphatic hydroxyl groups excluding tert-OH is 1. The Balaban J connectivity index is 1.38. The summed E-state index contributed by atoms with van der Waals surface area (Å²) in [5.74, 6) is 0.425. The van der Waals surface area contributed by atoms with Crippen LogP contribution in [0, 0.1) is 11.7 Å². The minimum atomic E-state index is -0.406. The van der Waals surface area contributed by atoms with Gasteiger partial charge < -0.3 is 19.6 Å². The summed E-state index contributed by atoms with van der Waals surface area (Å²) >= 11 is 0. The molecule has 1 amide bonds. The number of hydrogen-bond acceptors (Lipinski definition) is 5. The van der Waals surface area contributed by atoms with Gasteiger partial charge in [0.15, 0.2) is 0 Å². The van der Waals surface area contributed by atoms with Gasteiger partial charge in [-0.2, -0.15) is 0 Å². The number of anilines is 1. The molecule has 0 saturated carbocycles. The SMILES string of the molecule is COc1ccccc1-c1cc(-n2ccccc2=O)cc(F)c1N1CCC(CN(C)C(=O)c2ccc(CO)cc2)CC1. The third-order valence-corrected chi connectivity index (χ3v) is 7.74. The highest BCUT2D eigenvalue weighted by atomic mass is 19.1. The van der Waals surface area contributed by atoms with Crippen LogP contribution in [0.5, 0.6) is 5.75 Å². The number of methoxy groups -OCH3 is 1. The lowest BCUT2D eigenvalue weighted by atomic mass is 9.93. The molecular formula is C33H34FN3O4. The highest BCUT2D eigenvalue weighted by Gasteiger charge is 2.27. The van der Waals surface area contributed by atoms with E-state index < -0.39 is 5.82 Å². The summed E-state index contributed by atoms with van der Waals surface area (Å²) in [7, 11) is 3.39. The smallest absolute Gasteiger partial charge is 0.255 e. The van der Waals surface area contributed by atoms with Crippen molar-refractivity contribution in [3.8, 4) is 22.6 Å². The van der Waals surface area contributed by atoms with E-state index in [0.29, 0.717) is 47.9 Å². The van der Waals surface area contributed by atoms with Crippen LogP contribution < -0.4 is 15.2 Å². The monoisotopic (exact) mass is 555 g/mol. The molecule has 0 atom stereocenters. The number of ether oxygens (including phenoxy) is 1. The van der Waals surface area contributed by atoms with Gasteiger partial charge in [-0.15, -0.1) is 0 Å². The van der Waals surface area contributed by atoms with Gasteiger partial charge in [-0.25, -0.2) is 4.39 Å². The maximum Gasteiger partial charge on any atom is 0.255 e. The average molecular weight is 556 g/mol. The number of piperidine rings is 1. The van der Waals surface area contributed by atoms with E-state index in [-0.39, 0.29) is 24.0 Å². The molecule has 1 aromatic heterocycles. The van der Waals surface area contributed by atoms with Crippen LogP contribution in [0.1, 0.15) is 28.8 Å². The molecule has 0 radical (unpaired) electrons. The summed E-state index contributed by atoms with van der Waals surface area (Å²) in [6.45, 7) is 1.80. The van der Waals surface area contributed by atoms with Crippen molar-refractivity contribution >= 4 is 11.6 Å². The predicted molar refractivity (Wildman–Crippen MR) is 158 cm³/mol. The fraction of sp³-hybridized carbons (Fsp3) is 0.273. The van der Waals surface area contributed by atoms with E-state index in [1.165, 1.54) is 16.7 Å². The van der Waals surface area contributed by atoms with Crippen LogP contribution in [0.2, 0.25) is 0 Å². The van der Waals surface area contributed by atoms with E-state index in [4.69, 9.17) is 4.74 Å². The lowest BCUT2D eigenvalue weighted by molar-refractivity contribution is 0.0765. The third-order valence-electron chi connectivity index (χ3n) is 7.74. The Hall–Kier alpha value is -4.43. The number of aliphatic hydroxyl groups is 1. The van der Waals surface area contributed by atoms with Gasteiger partial charge in [0, 0.05) is 61.7 Å². The summed E-state index contributed by atoms with van der Waals surface area (Å²) in [5.41, 5.74) is 3.44. The zero-order chi connectivity index (χ0) is 28.9. The Morgan fingerprint density at radius 2 is 1.71 bits per heavy atom. The molecule has 212 valence electrons. The summed E-state index contributed by atoms with van der Waals surface area (Å²) in [5, 5.41) is 9.26. The number of nitrogens with zero attached hydrogens (tertiary/aromatic N) is 3. The second kappa shape index (κ2) is 12.4. The molecule has 5 rings (SSSR count). The minimum absolute atomic E-state index is 0.0598. The number of para-hydroxylation sites is 1. The van der Waals surface area contributed by atoms with Crippen molar-refractivity contribution in [2.75, 3.05) is 38.7 Å². The first kappa shape index (κ1) is 28.1. The van der Waals surface area contributed by atoms with E-state index in [1.54, 1.807) is 61.7 Å². The highest BCUT2D eigenvalue weighted by molar-refractivity contribution is 5.94. The van der Waals surface area contributed by atoms with Gasteiger partial charge in [-0.3, -0.25) is 14.2 Å². The number of amides is 1. The van der Waals surface area contributed by atoms with Crippen molar-refractivity contribution in [1.29, 1.82) is 0 Å². The van der Waals surface area contributed by atoms with Crippen molar-refractivity contribution in [2.45, 2.75) is 19.4 Å². The first-order chi connectivity index (χ1) is 19.9. The minimum Gasteiger partial charge on any atom is -0.496 e. The van der Waals surface area contributed by atoms with Gasteiger partial charge in [0.2, 0.25) is 0 Å². The van der Waals surface area contributed by atoms with Gasteiger partial charge >= 0.3 is 0 Å². The zero-order valence-electron chi connectivity index (χ0n) is 23.3. The Labute approximate surface area is 239 Å². The molecular weight excluding hydrogens is 521 g/mol. The van der Waals surface area contributed by atoms with Crippen LogP contribution in [0.15, 0.2) is 89.9 Å². The summed E-state index contributed by atoms with van der Waals surface area (Å²) in [6, 6.07) is 22.6. The lowest BCUT2D eigenvalue weighted by Gasteiger charge is -2.36. The molecule has 41 heavy (non-hydrogen) atoms. The fourth-order valence-electron chi connectivity index (χ4n) is 5.54. The zero-order valence-corrected chi connectivity index (χ0v) is 23.3. The first-order valence-corrected chi connectivity index (χ1v) is 13.7. The Morgan fingerprint density at radius 1 is 1.00 bits per heavy atom. The number of hydrogen-bond donors (Lipinski definition) is 1. The number of pyridine rings is 1. The van der Waals surface area contributed by atoms with Crippen LogP contribution >= 0.6 is 0 Å². The van der Waals surface area contributed by atoms with Crippen molar-refractivity contribution in [3.05, 3.63) is 112 Å². The predicted octanol–water partition coefficient (Wildman–Crippen LogP) is 5.13. The number of benzene rings is 3. The largest absolute Gasteiger partial charge is 0.496 e. The van der Waals surface area contributed by atoms with Crippen molar-refractivity contribution in [3.63, 3.8) is 0 Å². The fourth-order valence-corrected chi connectivity index (χ4v) is 5.54. The average Bonchev–Trinajstić information content (AvgIpc) is 3.01. The molecule has 0 aliphatic carbocycles. The van der Waals surface area contributed by atoms with Crippen LogP contribution in [0.25, 0.3) is 16.8 Å². The molecule has 1 N–H and O–H groups in total. The first-order valence-electron chi connectivity index (χ1n) is 13.7. The normalized spacial score (nSPS) is 13.7. The van der Waals surface area contributed by atoms with E-state index in [9.17, 15) is 14.7 Å². The lowest BCUT2D eigenvalue weighted by Crippen LogP contribution is -2.40. The van der Waals surface area contributed by atoms with Crippen LogP contribution in [0.4, 0.5) is 10.1 Å². The number of carbonyl (C=O) groups is 1. The van der Waals surface area contributed by atoms with Crippen LogP contribution in [-0.4, -0.2) is 54.3 Å². The van der Waals surface area contributed by atoms with Crippen molar-refractivity contribution in [2.24, 2.45) is 5.92 Å². The summed E-state index contributed by atoms with van der Waals surface area (Å²) in [4.78, 5) is 29.3. The van der Waals surface area contributed by atoms with Crippen LogP contribution in [0.3, 0.4) is 0 Å². The maximum absolute atomic E-state index is 16.0. The molecule has 4 aromatic rings. The van der Waals surface area contributed by atoms with Gasteiger partial charge in [-0.1, -0.05) is 36.4 Å². The molecule has 0 unspecified atom stereocenters. The van der Waals surface area contributed by atoms with E-state index >= 15 is 4.39 Å². The number of carbonyl (C=O) groups excluding carboxylic acids is 1. The molecule has 8 heteroatoms. The third kappa shape index (κ3) is 6.02. The number of rotatable bonds is 8. The van der Waals surface area contributed by atoms with Crippen molar-refractivity contribution in [1.82, 2.24) is 9.47 Å². The second-order valence-corrected chi connectivity index (χ2v) is 10.4. The molecule has 1 fully saturated rings. The molecule has 0 bridgehead atoms.